The third kappa shape index (κ3) is 8.61. The van der Waals surface area contributed by atoms with Gasteiger partial charge in [0, 0.05) is 11.8 Å². The molecule has 1 atom stereocenters. The van der Waals surface area contributed by atoms with Crippen LogP contribution in [0.1, 0.15) is 27.7 Å². The Kier molecular flexibility index (Phi) is 9.80. The van der Waals surface area contributed by atoms with Gasteiger partial charge in [0.1, 0.15) is 0 Å². The van der Waals surface area contributed by atoms with E-state index in [0.29, 0.717) is 19.5 Å². The summed E-state index contributed by atoms with van der Waals surface area (Å²) < 4.78 is -0.699. The maximum atomic E-state index is 11.7. The van der Waals surface area contributed by atoms with Crippen LogP contribution in [0.2, 0.25) is 0 Å². The van der Waals surface area contributed by atoms with Crippen molar-refractivity contribution in [3.63, 3.8) is 0 Å². The Morgan fingerprint density at radius 3 is 1.57 bits per heavy atom. The molecule has 4 heteroatoms. The number of hydrogen-bond acceptors (Lipinski definition) is 2. The van der Waals surface area contributed by atoms with Crippen LogP contribution in [0.15, 0.2) is 0 Å². The molecule has 1 amide bonds. The van der Waals surface area contributed by atoms with Gasteiger partial charge < -0.3 is 9.85 Å². The summed E-state index contributed by atoms with van der Waals surface area (Å²) in [6, 6.07) is 0. The number of rotatable bonds is 5. The van der Waals surface area contributed by atoms with Crippen LogP contribution in [0.3, 0.4) is 0 Å². The van der Waals surface area contributed by atoms with Crippen molar-refractivity contribution in [2.24, 2.45) is 11.8 Å². The molecular weight excluding hydrogens is 197 g/mol. The van der Waals surface area contributed by atoms with Crippen LogP contribution >= 0.6 is 9.24 Å². The van der Waals surface area contributed by atoms with Crippen LogP contribution in [0.5, 0.6) is 0 Å². The summed E-state index contributed by atoms with van der Waals surface area (Å²) >= 11 is 0. The van der Waals surface area contributed by atoms with Gasteiger partial charge >= 0.3 is 6.41 Å². The maximum absolute atomic E-state index is 11.7. The van der Waals surface area contributed by atoms with Crippen molar-refractivity contribution < 1.29 is 9.44 Å². The van der Waals surface area contributed by atoms with E-state index < -0.39 is 4.65 Å². The van der Waals surface area contributed by atoms with E-state index in [0.717, 1.165) is 0 Å². The second-order valence-electron chi connectivity index (χ2n) is 4.21. The molecule has 14 heavy (non-hydrogen) atoms. The van der Waals surface area contributed by atoms with Crippen LogP contribution in [-0.2, 0) is 4.79 Å². The summed E-state index contributed by atoms with van der Waals surface area (Å²) in [5.74, 6) is 0.540. The van der Waals surface area contributed by atoms with Crippen molar-refractivity contribution in [2.45, 2.75) is 27.7 Å². The normalized spacial score (nSPS) is 11.2. The Balaban J connectivity index is 0. The molecule has 0 saturated carbocycles. The second kappa shape index (κ2) is 8.34. The van der Waals surface area contributed by atoms with Gasteiger partial charge in [0.15, 0.2) is 0 Å². The Bertz CT molecular complexity index is 139. The molecule has 0 bridgehead atoms. The standard InChI is InChI=1S/C9H19NO2.CH5P/c1-8(2)5-10(12,7-11)6-9(3)4;1-2/h7-9H,5-6H2,1-4H3;2H2,1H3. The van der Waals surface area contributed by atoms with E-state index in [2.05, 4.69) is 9.24 Å². The smallest absolute Gasteiger partial charge is 0.301 e. The zero-order valence-corrected chi connectivity index (χ0v) is 11.1. The average molecular weight is 221 g/mol. The molecule has 0 radical (unpaired) electrons. The maximum Gasteiger partial charge on any atom is 0.301 e. The lowest BCUT2D eigenvalue weighted by molar-refractivity contribution is -0.801. The molecule has 1 unspecified atom stereocenters. The minimum atomic E-state index is -0.699. The molecule has 0 rings (SSSR count). The average Bonchev–Trinajstić information content (AvgIpc) is 2.05. The fourth-order valence-electron chi connectivity index (χ4n) is 1.40. The first-order valence-electron chi connectivity index (χ1n) is 5.01. The Hall–Kier alpha value is 0.0200. The predicted octanol–water partition coefficient (Wildman–Crippen LogP) is 2.26. The first-order valence-corrected chi connectivity index (χ1v) is 6.17. The molecule has 0 spiro atoms. The van der Waals surface area contributed by atoms with Crippen LogP contribution in [0, 0.1) is 17.0 Å². The first-order chi connectivity index (χ1) is 6.39. The fourth-order valence-corrected chi connectivity index (χ4v) is 1.40. The lowest BCUT2D eigenvalue weighted by Gasteiger charge is -2.38. The lowest BCUT2D eigenvalue weighted by Crippen LogP contribution is -2.45. The molecule has 86 valence electrons. The molecule has 0 aliphatic carbocycles. The van der Waals surface area contributed by atoms with Gasteiger partial charge in [0.25, 0.3) is 0 Å². The van der Waals surface area contributed by atoms with Crippen molar-refractivity contribution >= 4 is 15.6 Å². The summed E-state index contributed by atoms with van der Waals surface area (Å²) in [7, 11) is 2.42. The summed E-state index contributed by atoms with van der Waals surface area (Å²) in [4.78, 5) is 10.6. The van der Waals surface area contributed by atoms with Gasteiger partial charge in [0.2, 0.25) is 0 Å². The molecule has 0 heterocycles. The van der Waals surface area contributed by atoms with Gasteiger partial charge in [-0.25, -0.2) is 4.79 Å². The van der Waals surface area contributed by atoms with E-state index in [-0.39, 0.29) is 11.8 Å². The third-order valence-electron chi connectivity index (χ3n) is 1.54. The summed E-state index contributed by atoms with van der Waals surface area (Å²) in [6.45, 7) is 10.5. The highest BCUT2D eigenvalue weighted by molar-refractivity contribution is 7.15. The molecule has 0 aliphatic heterocycles. The van der Waals surface area contributed by atoms with Crippen molar-refractivity contribution in [1.82, 2.24) is 0 Å². The van der Waals surface area contributed by atoms with Crippen molar-refractivity contribution in [3.8, 4) is 0 Å². The highest BCUT2D eigenvalue weighted by atomic mass is 31.0. The van der Waals surface area contributed by atoms with Crippen LogP contribution in [0.4, 0.5) is 0 Å². The van der Waals surface area contributed by atoms with Crippen molar-refractivity contribution in [1.29, 1.82) is 0 Å². The molecule has 0 aromatic heterocycles. The van der Waals surface area contributed by atoms with Gasteiger partial charge in [-0.1, -0.05) is 34.4 Å². The number of amides is 1. The van der Waals surface area contributed by atoms with Gasteiger partial charge in [-0.3, -0.25) is 0 Å². The van der Waals surface area contributed by atoms with Crippen molar-refractivity contribution in [3.05, 3.63) is 5.21 Å². The van der Waals surface area contributed by atoms with Crippen LogP contribution < -0.4 is 0 Å². The van der Waals surface area contributed by atoms with Gasteiger partial charge in [-0.05, 0) is 0 Å². The van der Waals surface area contributed by atoms with Gasteiger partial charge in [0.05, 0.1) is 13.1 Å². The lowest BCUT2D eigenvalue weighted by atomic mass is 10.1. The largest absolute Gasteiger partial charge is 0.625 e. The fraction of sp³-hybridized carbons (Fsp3) is 0.900. The molecule has 0 aliphatic rings. The molecule has 3 nitrogen and oxygen atoms in total. The van der Waals surface area contributed by atoms with Gasteiger partial charge in [-0.2, -0.15) is 0 Å². The quantitative estimate of drug-likeness (QED) is 0.309. The number of carbonyl (C=O) groups excluding carboxylic acids is 1. The van der Waals surface area contributed by atoms with E-state index >= 15 is 0 Å². The predicted molar refractivity (Wildman–Crippen MR) is 64.7 cm³/mol. The second-order valence-corrected chi connectivity index (χ2v) is 4.21. The summed E-state index contributed by atoms with van der Waals surface area (Å²) in [5.41, 5.74) is 0. The molecule has 0 aromatic rings. The van der Waals surface area contributed by atoms with E-state index in [1.165, 1.54) is 0 Å². The Morgan fingerprint density at radius 2 is 1.43 bits per heavy atom. The van der Waals surface area contributed by atoms with Crippen LogP contribution in [0.25, 0.3) is 0 Å². The van der Waals surface area contributed by atoms with Gasteiger partial charge in [-0.15, -0.1) is 9.24 Å². The molecule has 0 N–H and O–H groups in total. The highest BCUT2D eigenvalue weighted by Gasteiger charge is 2.19. The minimum Gasteiger partial charge on any atom is -0.625 e. The van der Waals surface area contributed by atoms with Crippen LogP contribution in [-0.4, -0.2) is 30.8 Å². The van der Waals surface area contributed by atoms with E-state index in [9.17, 15) is 10.0 Å². The highest BCUT2D eigenvalue weighted by Crippen LogP contribution is 2.10. The number of nitrogens with zero attached hydrogens (tertiary/aromatic N) is 1. The van der Waals surface area contributed by atoms with E-state index in [4.69, 9.17) is 0 Å². The topological polar surface area (TPSA) is 40.1 Å². The molecule has 0 aromatic carbocycles. The Labute approximate surface area is 90.2 Å². The number of quaternary nitrogens is 1. The monoisotopic (exact) mass is 221 g/mol. The summed E-state index contributed by atoms with van der Waals surface area (Å²) in [5, 5.41) is 11.7. The number of hydrogen-bond donors (Lipinski definition) is 0. The third-order valence-corrected chi connectivity index (χ3v) is 1.54. The number of hydroxylamine groups is 3. The Morgan fingerprint density at radius 1 is 1.14 bits per heavy atom. The molecule has 0 fully saturated rings. The summed E-state index contributed by atoms with van der Waals surface area (Å²) in [6.07, 6.45) is 0.514. The van der Waals surface area contributed by atoms with Crippen molar-refractivity contribution in [2.75, 3.05) is 19.8 Å². The number of carbonyl (C=O) groups is 1. The molecule has 0 saturated heterocycles. The molecular formula is C10H24NO2P. The zero-order valence-electron chi connectivity index (χ0n) is 9.99. The van der Waals surface area contributed by atoms with E-state index in [1.54, 1.807) is 0 Å². The zero-order chi connectivity index (χ0) is 11.8. The van der Waals surface area contributed by atoms with E-state index in [1.807, 2.05) is 34.4 Å². The SMILES string of the molecule is CC(C)C[N+]([O-])(C=O)CC(C)C.CP. The first kappa shape index (κ1) is 16.4. The minimum absolute atomic E-state index is 0.270.